The first-order valence-electron chi connectivity index (χ1n) is 14.3. The molecule has 4 unspecified atom stereocenters. The molecule has 1 fully saturated rings. The third kappa shape index (κ3) is 4.13. The van der Waals surface area contributed by atoms with E-state index in [0.29, 0.717) is 24.2 Å². The first-order chi connectivity index (χ1) is 19.4. The number of hydrogen-bond acceptors (Lipinski definition) is 6. The fourth-order valence-corrected chi connectivity index (χ4v) is 9.02. The van der Waals surface area contributed by atoms with Crippen molar-refractivity contribution < 1.29 is 4.48 Å². The molecule has 3 aliphatic rings. The van der Waals surface area contributed by atoms with Crippen LogP contribution in [0.25, 0.3) is 0 Å². The molecule has 4 atom stereocenters. The number of likely N-dealkylation sites (tertiary alicyclic amines) is 1. The highest BCUT2D eigenvalue weighted by atomic mass is 32.2. The minimum absolute atomic E-state index is 0.363. The zero-order chi connectivity index (χ0) is 27.4. The van der Waals surface area contributed by atoms with Gasteiger partial charge in [-0.05, 0) is 69.5 Å². The molecule has 204 valence electrons. The SMILES string of the molecule is CC1C(N2c3ccccc3Sc3ccncc32)CCCC(N2c3ccccc3Sc3ccncc32)C(C)[N+]1(C)C. The standard InChI is InChI=1S/C33H36N5S2/c1-22-24(36-26-10-5-7-14-30(26)39-32-16-18-34-20-28(32)36)12-9-13-25(23(2)38(22,3)4)37-27-11-6-8-15-31(27)40-33-17-19-35-21-29(33)37/h5-8,10-11,14-25H,9,12-13H2,1-4H3/q+1. The second-order valence-electron chi connectivity index (χ2n) is 11.7. The summed E-state index contributed by atoms with van der Waals surface area (Å²) in [5.41, 5.74) is 5.12. The van der Waals surface area contributed by atoms with Crippen LogP contribution in [0.15, 0.2) is 105 Å². The molecule has 0 saturated carbocycles. The summed E-state index contributed by atoms with van der Waals surface area (Å²) in [5.74, 6) is 0. The van der Waals surface area contributed by atoms with E-state index >= 15 is 0 Å². The summed E-state index contributed by atoms with van der Waals surface area (Å²) >= 11 is 3.73. The molecule has 0 bridgehead atoms. The second-order valence-corrected chi connectivity index (χ2v) is 13.9. The third-order valence-corrected chi connectivity index (χ3v) is 11.9. The molecule has 5 heterocycles. The fraction of sp³-hybridized carbons (Fsp3) is 0.333. The highest BCUT2D eigenvalue weighted by Crippen LogP contribution is 2.52. The molecule has 2 aromatic carbocycles. The molecule has 1 saturated heterocycles. The molecule has 7 heteroatoms. The van der Waals surface area contributed by atoms with Crippen molar-refractivity contribution in [2.45, 2.75) is 76.9 Å². The molecule has 0 amide bonds. The molecule has 7 rings (SSSR count). The minimum atomic E-state index is 0.363. The van der Waals surface area contributed by atoms with Crippen LogP contribution in [0.2, 0.25) is 0 Å². The van der Waals surface area contributed by atoms with Gasteiger partial charge in [0.15, 0.2) is 0 Å². The van der Waals surface area contributed by atoms with Gasteiger partial charge in [-0.1, -0.05) is 47.8 Å². The Hall–Kier alpha value is -3.00. The number of pyridine rings is 2. The van der Waals surface area contributed by atoms with Gasteiger partial charge in [0.1, 0.15) is 12.1 Å². The van der Waals surface area contributed by atoms with Gasteiger partial charge in [-0.25, -0.2) is 0 Å². The summed E-state index contributed by atoms with van der Waals surface area (Å²) in [6, 6.07) is 23.6. The van der Waals surface area contributed by atoms with Crippen LogP contribution in [0.5, 0.6) is 0 Å². The molecule has 0 radical (unpaired) electrons. The van der Waals surface area contributed by atoms with Crippen LogP contribution in [0.3, 0.4) is 0 Å². The number of fused-ring (bicyclic) bond motifs is 4. The summed E-state index contributed by atoms with van der Waals surface area (Å²) in [6.45, 7) is 4.94. The Morgan fingerprint density at radius 1 is 0.625 bits per heavy atom. The summed E-state index contributed by atoms with van der Waals surface area (Å²) in [4.78, 5) is 19.7. The molecule has 0 N–H and O–H groups in total. The number of nitrogens with zero attached hydrogens (tertiary/aromatic N) is 5. The van der Waals surface area contributed by atoms with Crippen LogP contribution < -0.4 is 9.80 Å². The smallest absolute Gasteiger partial charge is 0.107 e. The number of anilines is 4. The predicted octanol–water partition coefficient (Wildman–Crippen LogP) is 8.16. The highest BCUT2D eigenvalue weighted by molar-refractivity contribution is 8.00. The van der Waals surface area contributed by atoms with Crippen LogP contribution in [-0.2, 0) is 0 Å². The van der Waals surface area contributed by atoms with Crippen LogP contribution in [0, 0.1) is 0 Å². The highest BCUT2D eigenvalue weighted by Gasteiger charge is 2.47. The lowest BCUT2D eigenvalue weighted by Crippen LogP contribution is -2.66. The van der Waals surface area contributed by atoms with Gasteiger partial charge in [-0.3, -0.25) is 9.97 Å². The Kier molecular flexibility index (Phi) is 6.56. The maximum absolute atomic E-state index is 4.58. The van der Waals surface area contributed by atoms with Gasteiger partial charge in [0.2, 0.25) is 0 Å². The van der Waals surface area contributed by atoms with Crippen LogP contribution in [0.1, 0.15) is 33.1 Å². The minimum Gasteiger partial charge on any atom is -0.329 e. The Labute approximate surface area is 246 Å². The average molecular weight is 567 g/mol. The predicted molar refractivity (Wildman–Crippen MR) is 166 cm³/mol. The lowest BCUT2D eigenvalue weighted by molar-refractivity contribution is -0.937. The monoisotopic (exact) mass is 566 g/mol. The van der Waals surface area contributed by atoms with Crippen LogP contribution in [0.4, 0.5) is 22.7 Å². The Morgan fingerprint density at radius 2 is 1.05 bits per heavy atom. The quantitative estimate of drug-likeness (QED) is 0.228. The van der Waals surface area contributed by atoms with E-state index < -0.39 is 0 Å². The molecule has 2 aromatic heterocycles. The van der Waals surface area contributed by atoms with Gasteiger partial charge in [-0.2, -0.15) is 0 Å². The van der Waals surface area contributed by atoms with Gasteiger partial charge in [-0.15, -0.1) is 0 Å². The maximum atomic E-state index is 4.58. The summed E-state index contributed by atoms with van der Waals surface area (Å²) in [7, 11) is 4.90. The van der Waals surface area contributed by atoms with E-state index in [4.69, 9.17) is 0 Å². The van der Waals surface area contributed by atoms with Crippen molar-refractivity contribution >= 4 is 46.3 Å². The number of hydrogen-bond donors (Lipinski definition) is 0. The van der Waals surface area contributed by atoms with Crippen molar-refractivity contribution in [1.82, 2.24) is 9.97 Å². The summed E-state index contributed by atoms with van der Waals surface area (Å²) in [6.07, 6.45) is 11.4. The first kappa shape index (κ1) is 25.9. The fourth-order valence-electron chi connectivity index (χ4n) is 6.94. The van der Waals surface area contributed by atoms with Crippen molar-refractivity contribution in [3.05, 3.63) is 85.5 Å². The lowest BCUT2D eigenvalue weighted by Gasteiger charge is -2.54. The van der Waals surface area contributed by atoms with Gasteiger partial charge in [0.05, 0.1) is 61.3 Å². The lowest BCUT2D eigenvalue weighted by atomic mass is 9.87. The van der Waals surface area contributed by atoms with E-state index in [1.54, 1.807) is 0 Å². The molecule has 0 aliphatic carbocycles. The molecule has 4 aromatic rings. The second kappa shape index (κ2) is 10.1. The largest absolute Gasteiger partial charge is 0.329 e. The van der Waals surface area contributed by atoms with Crippen molar-refractivity contribution in [1.29, 1.82) is 0 Å². The zero-order valence-corrected chi connectivity index (χ0v) is 25.2. The molecule has 5 nitrogen and oxygen atoms in total. The summed E-state index contributed by atoms with van der Waals surface area (Å²) < 4.78 is 0.929. The van der Waals surface area contributed by atoms with Gasteiger partial charge >= 0.3 is 0 Å². The number of benzene rings is 2. The average Bonchev–Trinajstić information content (AvgIpc) is 2.98. The van der Waals surface area contributed by atoms with E-state index in [1.807, 2.05) is 35.9 Å². The number of rotatable bonds is 2. The van der Waals surface area contributed by atoms with Crippen LogP contribution >= 0.6 is 23.5 Å². The molecule has 0 spiro atoms. The normalized spacial score (nSPS) is 25.1. The Bertz CT molecular complexity index is 1350. The Morgan fingerprint density at radius 3 is 1.52 bits per heavy atom. The number of para-hydroxylation sites is 2. The van der Waals surface area contributed by atoms with Crippen molar-refractivity contribution in [2.75, 3.05) is 23.9 Å². The van der Waals surface area contributed by atoms with Crippen LogP contribution in [-0.4, -0.2) is 52.7 Å². The number of quaternary nitrogens is 1. The van der Waals surface area contributed by atoms with Gasteiger partial charge < -0.3 is 14.3 Å². The van der Waals surface area contributed by atoms with Gasteiger partial charge in [0, 0.05) is 32.0 Å². The third-order valence-electron chi connectivity index (χ3n) is 9.61. The zero-order valence-electron chi connectivity index (χ0n) is 23.6. The van der Waals surface area contributed by atoms with Gasteiger partial charge in [0.25, 0.3) is 0 Å². The molecule has 40 heavy (non-hydrogen) atoms. The summed E-state index contributed by atoms with van der Waals surface area (Å²) in [5, 5.41) is 0. The van der Waals surface area contributed by atoms with Crippen molar-refractivity contribution in [3.63, 3.8) is 0 Å². The molecular formula is C33H36N5S2+. The van der Waals surface area contributed by atoms with Crippen molar-refractivity contribution in [2.24, 2.45) is 0 Å². The van der Waals surface area contributed by atoms with E-state index in [-0.39, 0.29) is 0 Å². The Balaban J connectivity index is 1.29. The maximum Gasteiger partial charge on any atom is 0.107 e. The van der Waals surface area contributed by atoms with E-state index in [0.717, 1.165) is 23.7 Å². The topological polar surface area (TPSA) is 32.3 Å². The molecular weight excluding hydrogens is 531 g/mol. The number of aromatic nitrogens is 2. The van der Waals surface area contributed by atoms with E-state index in [2.05, 4.69) is 121 Å². The van der Waals surface area contributed by atoms with E-state index in [1.165, 1.54) is 42.3 Å². The first-order valence-corrected chi connectivity index (χ1v) is 15.9. The molecule has 3 aliphatic heterocycles. The van der Waals surface area contributed by atoms with Crippen molar-refractivity contribution in [3.8, 4) is 0 Å². The number of likely N-dealkylation sites (N-methyl/N-ethyl adjacent to an activating group) is 1. The van der Waals surface area contributed by atoms with E-state index in [9.17, 15) is 0 Å².